The van der Waals surface area contributed by atoms with E-state index in [9.17, 15) is 4.79 Å². The maximum absolute atomic E-state index is 12.6. The molecule has 0 bridgehead atoms. The number of amides is 1. The van der Waals surface area contributed by atoms with E-state index in [0.717, 1.165) is 62.1 Å². The van der Waals surface area contributed by atoms with Gasteiger partial charge in [-0.05, 0) is 31.0 Å². The molecule has 1 atom stereocenters. The first-order valence-corrected chi connectivity index (χ1v) is 9.88. The number of hydrogen-bond donors (Lipinski definition) is 0. The van der Waals surface area contributed by atoms with Gasteiger partial charge in [0.25, 0.3) is 0 Å². The van der Waals surface area contributed by atoms with Crippen LogP contribution in [-0.2, 0) is 11.2 Å². The van der Waals surface area contributed by atoms with Crippen LogP contribution in [0.3, 0.4) is 0 Å². The fraction of sp³-hybridized carbons (Fsp3) is 0.476. The van der Waals surface area contributed by atoms with Gasteiger partial charge >= 0.3 is 0 Å². The number of carbonyl (C=O) groups excluding carboxylic acids is 1. The Hall–Kier alpha value is -2.83. The predicted molar refractivity (Wildman–Crippen MR) is 110 cm³/mol. The number of hydrogen-bond acceptors (Lipinski definition) is 6. The Morgan fingerprint density at radius 3 is 2.86 bits per heavy atom. The number of amidine groups is 1. The van der Waals surface area contributed by atoms with Gasteiger partial charge in [0.2, 0.25) is 5.91 Å². The number of fused-ring (bicyclic) bond motifs is 1. The van der Waals surface area contributed by atoms with E-state index < -0.39 is 0 Å². The summed E-state index contributed by atoms with van der Waals surface area (Å²) >= 11 is 0. The largest absolute Gasteiger partial charge is 0.497 e. The van der Waals surface area contributed by atoms with E-state index >= 15 is 0 Å². The zero-order valence-electron chi connectivity index (χ0n) is 16.5. The van der Waals surface area contributed by atoms with Crippen LogP contribution < -0.4 is 4.74 Å². The highest BCUT2D eigenvalue weighted by Gasteiger charge is 2.27. The molecule has 3 aliphatic rings. The standard InChI is InChI=1S/C21H27N5O2/c1-16-14-22-20-13-19(23-15-26(16)20)24-8-10-25(11-9-24)21(27)7-6-17-4-3-5-18(12-17)28-2/h3-5,12-13,15-16H,6-11,14H2,1-2H3/t16-/m0/s1. The lowest BCUT2D eigenvalue weighted by Gasteiger charge is -2.37. The van der Waals surface area contributed by atoms with Crippen molar-refractivity contribution in [3.8, 4) is 5.75 Å². The van der Waals surface area contributed by atoms with Crippen molar-refractivity contribution in [3.05, 3.63) is 41.7 Å². The number of carbonyl (C=O) groups is 1. The van der Waals surface area contributed by atoms with Gasteiger partial charge in [0.1, 0.15) is 17.4 Å². The second kappa shape index (κ2) is 8.04. The van der Waals surface area contributed by atoms with Crippen LogP contribution in [0.4, 0.5) is 0 Å². The molecule has 1 amide bonds. The second-order valence-corrected chi connectivity index (χ2v) is 7.42. The second-order valence-electron chi connectivity index (χ2n) is 7.42. The molecule has 0 aliphatic carbocycles. The number of methoxy groups -OCH3 is 1. The first-order chi connectivity index (χ1) is 13.6. The number of aryl methyl sites for hydroxylation is 1. The Kier molecular flexibility index (Phi) is 5.32. The molecule has 0 unspecified atom stereocenters. The summed E-state index contributed by atoms with van der Waals surface area (Å²) in [7, 11) is 1.66. The van der Waals surface area contributed by atoms with Gasteiger partial charge in [-0.2, -0.15) is 0 Å². The summed E-state index contributed by atoms with van der Waals surface area (Å²) in [6, 6.07) is 8.30. The first-order valence-electron chi connectivity index (χ1n) is 9.88. The SMILES string of the molecule is COc1cccc(CCC(=O)N2CCN(C3=CC4=NC[C@H](C)N4C=N3)CC2)c1. The number of benzene rings is 1. The lowest BCUT2D eigenvalue weighted by molar-refractivity contribution is -0.132. The average molecular weight is 381 g/mol. The highest BCUT2D eigenvalue weighted by atomic mass is 16.5. The van der Waals surface area contributed by atoms with Crippen LogP contribution >= 0.6 is 0 Å². The normalized spacial score (nSPS) is 21.4. The zero-order valence-corrected chi connectivity index (χ0v) is 16.5. The van der Waals surface area contributed by atoms with Crippen molar-refractivity contribution in [2.24, 2.45) is 9.98 Å². The summed E-state index contributed by atoms with van der Waals surface area (Å²) in [5.74, 6) is 2.99. The smallest absolute Gasteiger partial charge is 0.223 e. The third-order valence-electron chi connectivity index (χ3n) is 5.55. The molecular weight excluding hydrogens is 354 g/mol. The number of rotatable bonds is 5. The maximum atomic E-state index is 12.6. The number of ether oxygens (including phenoxy) is 1. The quantitative estimate of drug-likeness (QED) is 0.780. The van der Waals surface area contributed by atoms with Crippen molar-refractivity contribution >= 4 is 18.1 Å². The van der Waals surface area contributed by atoms with Gasteiger partial charge in [-0.15, -0.1) is 0 Å². The van der Waals surface area contributed by atoms with E-state index in [1.54, 1.807) is 7.11 Å². The summed E-state index contributed by atoms with van der Waals surface area (Å²) in [6.45, 7) is 6.04. The van der Waals surface area contributed by atoms with E-state index in [1.807, 2.05) is 35.5 Å². The van der Waals surface area contributed by atoms with Crippen molar-refractivity contribution in [2.75, 3.05) is 39.8 Å². The van der Waals surface area contributed by atoms with Crippen molar-refractivity contribution < 1.29 is 9.53 Å². The van der Waals surface area contributed by atoms with Crippen molar-refractivity contribution in [1.29, 1.82) is 0 Å². The summed E-state index contributed by atoms with van der Waals surface area (Å²) in [4.78, 5) is 28.1. The van der Waals surface area contributed by atoms with Gasteiger partial charge in [-0.25, -0.2) is 4.99 Å². The van der Waals surface area contributed by atoms with Gasteiger partial charge in [-0.1, -0.05) is 12.1 Å². The van der Waals surface area contributed by atoms with Crippen molar-refractivity contribution in [2.45, 2.75) is 25.8 Å². The van der Waals surface area contributed by atoms with Crippen LogP contribution in [0.2, 0.25) is 0 Å². The molecule has 7 heteroatoms. The minimum Gasteiger partial charge on any atom is -0.497 e. The molecular formula is C21H27N5O2. The monoisotopic (exact) mass is 381 g/mol. The van der Waals surface area contributed by atoms with Gasteiger partial charge in [0, 0.05) is 38.7 Å². The molecule has 0 radical (unpaired) electrons. The highest BCUT2D eigenvalue weighted by molar-refractivity contribution is 6.03. The number of piperazine rings is 1. The zero-order chi connectivity index (χ0) is 19.5. The molecule has 1 aromatic carbocycles. The third kappa shape index (κ3) is 3.88. The molecule has 0 N–H and O–H groups in total. The fourth-order valence-corrected chi connectivity index (χ4v) is 3.78. The van der Waals surface area contributed by atoms with E-state index in [0.29, 0.717) is 12.5 Å². The minimum absolute atomic E-state index is 0.212. The van der Waals surface area contributed by atoms with Gasteiger partial charge in [0.15, 0.2) is 0 Å². The van der Waals surface area contributed by atoms with Gasteiger partial charge < -0.3 is 19.4 Å². The molecule has 1 fully saturated rings. The van der Waals surface area contributed by atoms with Crippen LogP contribution in [0.25, 0.3) is 0 Å². The van der Waals surface area contributed by atoms with Gasteiger partial charge in [-0.3, -0.25) is 9.79 Å². The van der Waals surface area contributed by atoms with E-state index in [4.69, 9.17) is 4.74 Å². The van der Waals surface area contributed by atoms with Crippen LogP contribution in [0.1, 0.15) is 18.9 Å². The maximum Gasteiger partial charge on any atom is 0.223 e. The van der Waals surface area contributed by atoms with E-state index in [1.165, 1.54) is 0 Å². The molecule has 0 saturated carbocycles. The van der Waals surface area contributed by atoms with Crippen molar-refractivity contribution in [3.63, 3.8) is 0 Å². The Bertz CT molecular complexity index is 824. The first kappa shape index (κ1) is 18.5. The summed E-state index contributed by atoms with van der Waals surface area (Å²) in [5.41, 5.74) is 1.13. The average Bonchev–Trinajstić information content (AvgIpc) is 3.12. The topological polar surface area (TPSA) is 60.7 Å². The van der Waals surface area contributed by atoms with Crippen LogP contribution in [0.15, 0.2) is 46.1 Å². The molecule has 28 heavy (non-hydrogen) atoms. The van der Waals surface area contributed by atoms with Crippen LogP contribution in [-0.4, -0.2) is 78.7 Å². The molecule has 4 rings (SSSR count). The van der Waals surface area contributed by atoms with Gasteiger partial charge in [0.05, 0.1) is 26.0 Å². The lowest BCUT2D eigenvalue weighted by atomic mass is 10.1. The number of aliphatic imine (C=N–C) groups is 2. The molecule has 3 heterocycles. The van der Waals surface area contributed by atoms with E-state index in [2.05, 4.69) is 32.8 Å². The fourth-order valence-electron chi connectivity index (χ4n) is 3.78. The molecule has 0 aromatic heterocycles. The highest BCUT2D eigenvalue weighted by Crippen LogP contribution is 2.20. The third-order valence-corrected chi connectivity index (χ3v) is 5.55. The number of nitrogens with zero attached hydrogens (tertiary/aromatic N) is 5. The molecule has 7 nitrogen and oxygen atoms in total. The molecule has 1 saturated heterocycles. The Labute approximate surface area is 166 Å². The predicted octanol–water partition coefficient (Wildman–Crippen LogP) is 1.76. The van der Waals surface area contributed by atoms with Crippen LogP contribution in [0, 0.1) is 0 Å². The minimum atomic E-state index is 0.212. The summed E-state index contributed by atoms with van der Waals surface area (Å²) in [6.07, 6.45) is 5.21. The van der Waals surface area contributed by atoms with E-state index in [-0.39, 0.29) is 5.91 Å². The van der Waals surface area contributed by atoms with Crippen molar-refractivity contribution in [1.82, 2.24) is 14.7 Å². The molecule has 3 aliphatic heterocycles. The Balaban J connectivity index is 1.27. The molecule has 148 valence electrons. The summed E-state index contributed by atoms with van der Waals surface area (Å²) < 4.78 is 5.25. The Morgan fingerprint density at radius 2 is 2.07 bits per heavy atom. The molecule has 1 aromatic rings. The lowest BCUT2D eigenvalue weighted by Crippen LogP contribution is -2.48. The summed E-state index contributed by atoms with van der Waals surface area (Å²) in [5, 5.41) is 0. The van der Waals surface area contributed by atoms with Crippen LogP contribution in [0.5, 0.6) is 5.75 Å². The Morgan fingerprint density at radius 1 is 1.25 bits per heavy atom. The molecule has 0 spiro atoms.